The van der Waals surface area contributed by atoms with E-state index in [-0.39, 0.29) is 29.8 Å². The van der Waals surface area contributed by atoms with E-state index in [1.54, 1.807) is 28.0 Å². The SMILES string of the molecule is C=CC(=O)N1CCCc2c(C(=O)N3CCCC3Cc3cccc(F)c3F)cccc21. The van der Waals surface area contributed by atoms with Gasteiger partial charge in [0.15, 0.2) is 11.6 Å². The van der Waals surface area contributed by atoms with E-state index < -0.39 is 11.6 Å². The molecule has 2 aromatic rings. The van der Waals surface area contributed by atoms with E-state index in [1.807, 2.05) is 6.07 Å². The van der Waals surface area contributed by atoms with Crippen LogP contribution in [-0.2, 0) is 17.6 Å². The fourth-order valence-electron chi connectivity index (χ4n) is 4.59. The first-order valence-corrected chi connectivity index (χ1v) is 10.3. The molecule has 2 aliphatic rings. The van der Waals surface area contributed by atoms with E-state index in [0.717, 1.165) is 43.0 Å². The van der Waals surface area contributed by atoms with Crippen LogP contribution in [0.4, 0.5) is 14.5 Å². The summed E-state index contributed by atoms with van der Waals surface area (Å²) in [6, 6.07) is 9.42. The predicted octanol–water partition coefficient (Wildman–Crippen LogP) is 4.28. The number of carbonyl (C=O) groups is 2. The van der Waals surface area contributed by atoms with Gasteiger partial charge in [-0.1, -0.05) is 24.8 Å². The Hall–Kier alpha value is -3.02. The van der Waals surface area contributed by atoms with Gasteiger partial charge in [0.05, 0.1) is 0 Å². The molecular weight excluding hydrogens is 386 g/mol. The van der Waals surface area contributed by atoms with Crippen LogP contribution < -0.4 is 4.90 Å². The number of carbonyl (C=O) groups excluding carboxylic acids is 2. The number of benzene rings is 2. The molecule has 0 aromatic heterocycles. The number of fused-ring (bicyclic) bond motifs is 1. The largest absolute Gasteiger partial charge is 0.335 e. The van der Waals surface area contributed by atoms with Gasteiger partial charge in [0.2, 0.25) is 5.91 Å². The Morgan fingerprint density at radius 3 is 2.70 bits per heavy atom. The molecule has 30 heavy (non-hydrogen) atoms. The van der Waals surface area contributed by atoms with Crippen molar-refractivity contribution in [1.82, 2.24) is 4.90 Å². The zero-order valence-electron chi connectivity index (χ0n) is 16.7. The first kappa shape index (κ1) is 20.3. The molecule has 0 N–H and O–H groups in total. The highest BCUT2D eigenvalue weighted by molar-refractivity contribution is 6.04. The maximum atomic E-state index is 14.2. The van der Waals surface area contributed by atoms with Gasteiger partial charge in [-0.15, -0.1) is 0 Å². The number of anilines is 1. The number of nitrogens with zero attached hydrogens (tertiary/aromatic N) is 2. The monoisotopic (exact) mass is 410 g/mol. The Balaban J connectivity index is 1.62. The van der Waals surface area contributed by atoms with Crippen molar-refractivity contribution in [2.24, 2.45) is 0 Å². The highest BCUT2D eigenvalue weighted by Gasteiger charge is 2.33. The number of hydrogen-bond acceptors (Lipinski definition) is 2. The molecule has 1 saturated heterocycles. The summed E-state index contributed by atoms with van der Waals surface area (Å²) in [5, 5.41) is 0. The van der Waals surface area contributed by atoms with Crippen LogP contribution in [0.15, 0.2) is 49.1 Å². The molecule has 2 heterocycles. The van der Waals surface area contributed by atoms with Gasteiger partial charge >= 0.3 is 0 Å². The number of rotatable bonds is 4. The molecule has 2 aromatic carbocycles. The Morgan fingerprint density at radius 2 is 1.90 bits per heavy atom. The summed E-state index contributed by atoms with van der Waals surface area (Å²) in [4.78, 5) is 29.1. The van der Waals surface area contributed by atoms with E-state index in [9.17, 15) is 18.4 Å². The predicted molar refractivity (Wildman–Crippen MR) is 111 cm³/mol. The van der Waals surface area contributed by atoms with Crippen LogP contribution >= 0.6 is 0 Å². The maximum Gasteiger partial charge on any atom is 0.254 e. The lowest BCUT2D eigenvalue weighted by atomic mass is 9.94. The van der Waals surface area contributed by atoms with Gasteiger partial charge in [0, 0.05) is 30.4 Å². The van der Waals surface area contributed by atoms with Gasteiger partial charge in [-0.05, 0) is 67.5 Å². The average molecular weight is 410 g/mol. The molecule has 4 nitrogen and oxygen atoms in total. The zero-order valence-corrected chi connectivity index (χ0v) is 16.7. The third kappa shape index (κ3) is 3.62. The molecule has 1 unspecified atom stereocenters. The average Bonchev–Trinajstić information content (AvgIpc) is 3.23. The summed E-state index contributed by atoms with van der Waals surface area (Å²) in [6.07, 6.45) is 4.63. The van der Waals surface area contributed by atoms with E-state index in [4.69, 9.17) is 0 Å². The van der Waals surface area contributed by atoms with E-state index in [2.05, 4.69) is 6.58 Å². The number of likely N-dealkylation sites (tertiary alicyclic amines) is 1. The lowest BCUT2D eigenvalue weighted by molar-refractivity contribution is -0.114. The first-order chi connectivity index (χ1) is 14.5. The van der Waals surface area contributed by atoms with Crippen molar-refractivity contribution in [3.05, 3.63) is 77.4 Å². The molecule has 156 valence electrons. The van der Waals surface area contributed by atoms with Gasteiger partial charge in [-0.2, -0.15) is 0 Å². The van der Waals surface area contributed by atoms with Crippen molar-refractivity contribution in [1.29, 1.82) is 0 Å². The van der Waals surface area contributed by atoms with Gasteiger partial charge in [0.25, 0.3) is 5.91 Å². The standard InChI is InChI=1S/C24H24F2N2O2/c1-2-22(29)28-14-6-10-18-19(9-4-12-21(18)28)24(30)27-13-5-8-17(27)15-16-7-3-11-20(25)23(16)26/h2-4,7,9,11-12,17H,1,5-6,8,10,13-15H2. The molecular formula is C24H24F2N2O2. The Kier molecular flexibility index (Phi) is 5.66. The minimum absolute atomic E-state index is 0.112. The fourth-order valence-corrected chi connectivity index (χ4v) is 4.59. The highest BCUT2D eigenvalue weighted by atomic mass is 19.2. The molecule has 1 atom stereocenters. The quantitative estimate of drug-likeness (QED) is 0.706. The van der Waals surface area contributed by atoms with Gasteiger partial charge in [-0.25, -0.2) is 8.78 Å². The summed E-state index contributed by atoms with van der Waals surface area (Å²) >= 11 is 0. The van der Waals surface area contributed by atoms with Gasteiger partial charge < -0.3 is 9.80 Å². The summed E-state index contributed by atoms with van der Waals surface area (Å²) in [5.41, 5.74) is 2.49. The molecule has 4 rings (SSSR count). The molecule has 2 amide bonds. The van der Waals surface area contributed by atoms with Crippen molar-refractivity contribution < 1.29 is 18.4 Å². The van der Waals surface area contributed by atoms with Crippen molar-refractivity contribution in [2.75, 3.05) is 18.0 Å². The third-order valence-corrected chi connectivity index (χ3v) is 6.05. The van der Waals surface area contributed by atoms with Crippen molar-refractivity contribution in [3.63, 3.8) is 0 Å². The van der Waals surface area contributed by atoms with Crippen LogP contribution in [0.1, 0.15) is 40.7 Å². The van der Waals surface area contributed by atoms with E-state index in [0.29, 0.717) is 18.7 Å². The van der Waals surface area contributed by atoms with Crippen LogP contribution in [0.5, 0.6) is 0 Å². The van der Waals surface area contributed by atoms with Crippen molar-refractivity contribution in [2.45, 2.75) is 38.1 Å². The van der Waals surface area contributed by atoms with Crippen molar-refractivity contribution >= 4 is 17.5 Å². The van der Waals surface area contributed by atoms with Gasteiger partial charge in [0.1, 0.15) is 0 Å². The molecule has 0 spiro atoms. The summed E-state index contributed by atoms with van der Waals surface area (Å²) in [5.74, 6) is -2.00. The zero-order chi connectivity index (χ0) is 21.3. The van der Waals surface area contributed by atoms with Crippen LogP contribution in [0.3, 0.4) is 0 Å². The molecule has 0 radical (unpaired) electrons. The maximum absolute atomic E-state index is 14.2. The third-order valence-electron chi connectivity index (χ3n) is 6.05. The topological polar surface area (TPSA) is 40.6 Å². The molecule has 0 aliphatic carbocycles. The molecule has 1 fully saturated rings. The van der Waals surface area contributed by atoms with Crippen LogP contribution in [-0.4, -0.2) is 35.8 Å². The smallest absolute Gasteiger partial charge is 0.254 e. The summed E-state index contributed by atoms with van der Waals surface area (Å²) in [6.45, 7) is 4.75. The molecule has 2 aliphatic heterocycles. The van der Waals surface area contributed by atoms with E-state index >= 15 is 0 Å². The Labute approximate surface area is 174 Å². The second kappa shape index (κ2) is 8.38. The lowest BCUT2D eigenvalue weighted by Gasteiger charge is -2.31. The Morgan fingerprint density at radius 1 is 1.10 bits per heavy atom. The second-order valence-corrected chi connectivity index (χ2v) is 7.81. The van der Waals surface area contributed by atoms with Gasteiger partial charge in [-0.3, -0.25) is 9.59 Å². The summed E-state index contributed by atoms with van der Waals surface area (Å²) in [7, 11) is 0. The van der Waals surface area contributed by atoms with Crippen LogP contribution in [0.25, 0.3) is 0 Å². The molecule has 0 saturated carbocycles. The first-order valence-electron chi connectivity index (χ1n) is 10.3. The minimum Gasteiger partial charge on any atom is -0.335 e. The molecule has 0 bridgehead atoms. The Bertz CT molecular complexity index is 1000. The molecule has 6 heteroatoms. The normalized spacial score (nSPS) is 18.3. The number of amides is 2. The summed E-state index contributed by atoms with van der Waals surface area (Å²) < 4.78 is 27.8. The van der Waals surface area contributed by atoms with E-state index in [1.165, 1.54) is 12.1 Å². The number of halogens is 2. The minimum atomic E-state index is -0.868. The fraction of sp³-hybridized carbons (Fsp3) is 0.333. The van der Waals surface area contributed by atoms with Crippen molar-refractivity contribution in [3.8, 4) is 0 Å². The van der Waals surface area contributed by atoms with Crippen LogP contribution in [0, 0.1) is 11.6 Å². The second-order valence-electron chi connectivity index (χ2n) is 7.81. The lowest BCUT2D eigenvalue weighted by Crippen LogP contribution is -2.39. The number of hydrogen-bond donors (Lipinski definition) is 0. The van der Waals surface area contributed by atoms with Crippen LogP contribution in [0.2, 0.25) is 0 Å². The highest BCUT2D eigenvalue weighted by Crippen LogP contribution is 2.33.